The van der Waals surface area contributed by atoms with Crippen LogP contribution in [0.5, 0.6) is 5.75 Å². The molecule has 1 amide bonds. The molecule has 6 nitrogen and oxygen atoms in total. The van der Waals surface area contributed by atoms with Gasteiger partial charge in [-0.15, -0.1) is 0 Å². The smallest absolute Gasteiger partial charge is 0.311 e. The van der Waals surface area contributed by atoms with Crippen molar-refractivity contribution in [3.05, 3.63) is 62.9 Å². The SMILES string of the molecule is Cc1ccc(OC(C)C(=O)Nc2ccc(F)c(Cl)c2)c([N+](=O)[O-])c1. The van der Waals surface area contributed by atoms with Crippen LogP contribution < -0.4 is 10.1 Å². The first-order chi connectivity index (χ1) is 11.3. The Balaban J connectivity index is 2.11. The topological polar surface area (TPSA) is 81.5 Å². The van der Waals surface area contributed by atoms with Crippen molar-refractivity contribution in [1.29, 1.82) is 0 Å². The fourth-order valence-electron chi connectivity index (χ4n) is 1.93. The van der Waals surface area contributed by atoms with Gasteiger partial charge >= 0.3 is 5.69 Å². The zero-order valence-corrected chi connectivity index (χ0v) is 13.6. The highest BCUT2D eigenvalue weighted by atomic mass is 35.5. The monoisotopic (exact) mass is 352 g/mol. The number of benzene rings is 2. The number of nitro benzene ring substituents is 1. The Labute approximate surface area is 142 Å². The molecule has 0 radical (unpaired) electrons. The zero-order chi connectivity index (χ0) is 17.9. The minimum Gasteiger partial charge on any atom is -0.474 e. The van der Waals surface area contributed by atoms with Gasteiger partial charge in [-0.25, -0.2) is 4.39 Å². The summed E-state index contributed by atoms with van der Waals surface area (Å²) in [5.41, 5.74) is 0.770. The summed E-state index contributed by atoms with van der Waals surface area (Å²) >= 11 is 5.64. The predicted octanol–water partition coefficient (Wildman–Crippen LogP) is 4.10. The van der Waals surface area contributed by atoms with E-state index in [4.69, 9.17) is 16.3 Å². The molecule has 0 spiro atoms. The second kappa shape index (κ2) is 7.27. The molecule has 1 unspecified atom stereocenters. The summed E-state index contributed by atoms with van der Waals surface area (Å²) in [6.07, 6.45) is -1.00. The first kappa shape index (κ1) is 17.7. The Morgan fingerprint density at radius 3 is 2.67 bits per heavy atom. The number of hydrogen-bond donors (Lipinski definition) is 1. The Bertz CT molecular complexity index is 798. The number of nitrogens with one attached hydrogen (secondary N) is 1. The van der Waals surface area contributed by atoms with E-state index < -0.39 is 22.8 Å². The maximum Gasteiger partial charge on any atom is 0.311 e. The molecule has 0 aliphatic carbocycles. The van der Waals surface area contributed by atoms with Gasteiger partial charge in [0.2, 0.25) is 0 Å². The molecule has 24 heavy (non-hydrogen) atoms. The van der Waals surface area contributed by atoms with Gasteiger partial charge in [-0.1, -0.05) is 17.7 Å². The van der Waals surface area contributed by atoms with Crippen molar-refractivity contribution in [2.75, 3.05) is 5.32 Å². The number of nitro groups is 1. The van der Waals surface area contributed by atoms with Crippen LogP contribution in [0, 0.1) is 22.9 Å². The van der Waals surface area contributed by atoms with Crippen LogP contribution in [0.25, 0.3) is 0 Å². The highest BCUT2D eigenvalue weighted by molar-refractivity contribution is 6.31. The second-order valence-corrected chi connectivity index (χ2v) is 5.51. The fourth-order valence-corrected chi connectivity index (χ4v) is 2.11. The molecule has 8 heteroatoms. The van der Waals surface area contributed by atoms with E-state index in [9.17, 15) is 19.3 Å². The molecule has 0 heterocycles. The summed E-state index contributed by atoms with van der Waals surface area (Å²) in [6, 6.07) is 8.17. The number of amides is 1. The van der Waals surface area contributed by atoms with E-state index >= 15 is 0 Å². The van der Waals surface area contributed by atoms with Gasteiger partial charge in [0, 0.05) is 11.8 Å². The number of halogens is 2. The molecule has 0 saturated heterocycles. The number of rotatable bonds is 5. The van der Waals surface area contributed by atoms with E-state index in [0.717, 1.165) is 6.07 Å². The maximum absolute atomic E-state index is 13.1. The molecule has 0 aromatic heterocycles. The van der Waals surface area contributed by atoms with Crippen molar-refractivity contribution in [3.63, 3.8) is 0 Å². The number of anilines is 1. The van der Waals surface area contributed by atoms with Gasteiger partial charge in [0.25, 0.3) is 5.91 Å². The van der Waals surface area contributed by atoms with Crippen LogP contribution in [-0.4, -0.2) is 16.9 Å². The van der Waals surface area contributed by atoms with Crippen LogP contribution in [0.2, 0.25) is 5.02 Å². The lowest BCUT2D eigenvalue weighted by atomic mass is 10.2. The first-order valence-corrected chi connectivity index (χ1v) is 7.33. The molecule has 0 aliphatic heterocycles. The van der Waals surface area contributed by atoms with Gasteiger partial charge in [-0.2, -0.15) is 0 Å². The van der Waals surface area contributed by atoms with Crippen LogP contribution in [0.1, 0.15) is 12.5 Å². The molecule has 2 rings (SSSR count). The molecule has 1 atom stereocenters. The van der Waals surface area contributed by atoms with Crippen molar-refractivity contribution in [2.45, 2.75) is 20.0 Å². The molecule has 2 aromatic rings. The van der Waals surface area contributed by atoms with E-state index in [1.165, 1.54) is 31.2 Å². The predicted molar refractivity (Wildman–Crippen MR) is 88.0 cm³/mol. The van der Waals surface area contributed by atoms with E-state index in [2.05, 4.69) is 5.32 Å². The normalized spacial score (nSPS) is 11.7. The highest BCUT2D eigenvalue weighted by Crippen LogP contribution is 2.29. The van der Waals surface area contributed by atoms with Crippen LogP contribution in [0.3, 0.4) is 0 Å². The molecule has 0 bridgehead atoms. The summed E-state index contributed by atoms with van der Waals surface area (Å²) in [4.78, 5) is 22.6. The Morgan fingerprint density at radius 1 is 1.33 bits per heavy atom. The quantitative estimate of drug-likeness (QED) is 0.648. The average Bonchev–Trinajstić information content (AvgIpc) is 2.52. The Hall–Kier alpha value is -2.67. The maximum atomic E-state index is 13.1. The van der Waals surface area contributed by atoms with Crippen molar-refractivity contribution in [2.24, 2.45) is 0 Å². The van der Waals surface area contributed by atoms with E-state index in [1.807, 2.05) is 0 Å². The summed E-state index contributed by atoms with van der Waals surface area (Å²) in [6.45, 7) is 3.16. The van der Waals surface area contributed by atoms with Gasteiger partial charge in [0.1, 0.15) is 5.82 Å². The third-order valence-electron chi connectivity index (χ3n) is 3.17. The number of aryl methyl sites for hydroxylation is 1. The number of ether oxygens (including phenoxy) is 1. The van der Waals surface area contributed by atoms with E-state index in [0.29, 0.717) is 11.3 Å². The van der Waals surface area contributed by atoms with Gasteiger partial charge in [0.05, 0.1) is 9.95 Å². The molecule has 1 N–H and O–H groups in total. The van der Waals surface area contributed by atoms with Crippen LogP contribution >= 0.6 is 11.6 Å². The minimum atomic E-state index is -1.00. The van der Waals surface area contributed by atoms with E-state index in [-0.39, 0.29) is 16.5 Å². The molecule has 0 saturated carbocycles. The molecule has 126 valence electrons. The summed E-state index contributed by atoms with van der Waals surface area (Å²) in [5.74, 6) is -1.16. The number of hydrogen-bond acceptors (Lipinski definition) is 4. The summed E-state index contributed by atoms with van der Waals surface area (Å²) in [5, 5.41) is 13.4. The summed E-state index contributed by atoms with van der Waals surface area (Å²) < 4.78 is 18.5. The lowest BCUT2D eigenvalue weighted by Crippen LogP contribution is -2.30. The third-order valence-corrected chi connectivity index (χ3v) is 3.46. The van der Waals surface area contributed by atoms with Gasteiger partial charge in [-0.05, 0) is 43.7 Å². The van der Waals surface area contributed by atoms with E-state index in [1.54, 1.807) is 13.0 Å². The van der Waals surface area contributed by atoms with Gasteiger partial charge in [-0.3, -0.25) is 14.9 Å². The number of nitrogens with zero attached hydrogens (tertiary/aromatic N) is 1. The lowest BCUT2D eigenvalue weighted by molar-refractivity contribution is -0.386. The second-order valence-electron chi connectivity index (χ2n) is 5.11. The van der Waals surface area contributed by atoms with Gasteiger partial charge < -0.3 is 10.1 Å². The molecular weight excluding hydrogens is 339 g/mol. The number of carbonyl (C=O) groups is 1. The van der Waals surface area contributed by atoms with Crippen LogP contribution in [0.4, 0.5) is 15.8 Å². The average molecular weight is 353 g/mol. The van der Waals surface area contributed by atoms with Crippen molar-refractivity contribution < 1.29 is 18.8 Å². The molecule has 2 aromatic carbocycles. The minimum absolute atomic E-state index is 0.00890. The molecule has 0 aliphatic rings. The standard InChI is InChI=1S/C16H14ClFN2O4/c1-9-3-6-15(14(7-9)20(22)23)24-10(2)16(21)19-11-4-5-13(18)12(17)8-11/h3-8,10H,1-2H3,(H,19,21). The fraction of sp³-hybridized carbons (Fsp3) is 0.188. The molecule has 0 fully saturated rings. The van der Waals surface area contributed by atoms with Crippen LogP contribution in [0.15, 0.2) is 36.4 Å². The van der Waals surface area contributed by atoms with Crippen molar-refractivity contribution in [3.8, 4) is 5.75 Å². The molecular formula is C16H14ClFN2O4. The van der Waals surface area contributed by atoms with Crippen molar-refractivity contribution in [1.82, 2.24) is 0 Å². The lowest BCUT2D eigenvalue weighted by Gasteiger charge is -2.15. The first-order valence-electron chi connectivity index (χ1n) is 6.95. The summed E-state index contributed by atoms with van der Waals surface area (Å²) in [7, 11) is 0. The largest absolute Gasteiger partial charge is 0.474 e. The highest BCUT2D eigenvalue weighted by Gasteiger charge is 2.21. The van der Waals surface area contributed by atoms with Crippen LogP contribution in [-0.2, 0) is 4.79 Å². The Kier molecular flexibility index (Phi) is 5.35. The van der Waals surface area contributed by atoms with Gasteiger partial charge in [0.15, 0.2) is 11.9 Å². The number of carbonyl (C=O) groups excluding carboxylic acids is 1. The zero-order valence-electron chi connectivity index (χ0n) is 12.9. The third kappa shape index (κ3) is 4.20. The van der Waals surface area contributed by atoms with Crippen molar-refractivity contribution >= 4 is 28.9 Å². The Morgan fingerprint density at radius 2 is 2.04 bits per heavy atom.